The van der Waals surface area contributed by atoms with Gasteiger partial charge in [0.1, 0.15) is 0 Å². The van der Waals surface area contributed by atoms with E-state index in [1.54, 1.807) is 67.3 Å². The Morgan fingerprint density at radius 2 is 1.05 bits per heavy atom. The Kier molecular flexibility index (Phi) is 8.59. The van der Waals surface area contributed by atoms with Gasteiger partial charge >= 0.3 is 15.2 Å². The van der Waals surface area contributed by atoms with E-state index in [2.05, 4.69) is 22.1 Å². The van der Waals surface area contributed by atoms with Gasteiger partial charge in [-0.1, -0.05) is 24.3 Å². The minimum atomic E-state index is -4.21. The summed E-state index contributed by atoms with van der Waals surface area (Å²) in [6.45, 7) is 1.04. The molecule has 0 saturated heterocycles. The summed E-state index contributed by atoms with van der Waals surface area (Å²) in [7, 11) is -8.42. The molecule has 4 N–H and O–H groups in total. The van der Waals surface area contributed by atoms with Crippen LogP contribution in [0, 0.1) is 22.7 Å². The van der Waals surface area contributed by atoms with Crippen molar-refractivity contribution in [3.8, 4) is 12.1 Å². The third kappa shape index (κ3) is 7.00. The monoisotopic (exact) mass is 626 g/mol. The van der Waals surface area contributed by atoms with E-state index >= 15 is 0 Å². The number of benzene rings is 4. The van der Waals surface area contributed by atoms with Crippen molar-refractivity contribution in [3.05, 3.63) is 120 Å². The van der Waals surface area contributed by atoms with Gasteiger partial charge in [-0.25, -0.2) is 9.97 Å². The number of nitriles is 2. The first-order chi connectivity index (χ1) is 20.9. The minimum absolute atomic E-state index is 0.00138. The predicted molar refractivity (Wildman–Crippen MR) is 163 cm³/mol. The van der Waals surface area contributed by atoms with Gasteiger partial charge in [0.15, 0.2) is 0 Å². The normalized spacial score (nSPS) is 11.5. The molecule has 12 nitrogen and oxygen atoms in total. The van der Waals surface area contributed by atoms with Crippen molar-refractivity contribution < 1.29 is 28.7 Å². The lowest BCUT2D eigenvalue weighted by molar-refractivity contribution is 0.385. The lowest BCUT2D eigenvalue weighted by Gasteiger charge is -2.07. The molecular weight excluding hydrogens is 602 g/mol. The van der Waals surface area contributed by atoms with Crippen LogP contribution in [0.4, 0.5) is 0 Å². The molecule has 0 saturated carbocycles. The van der Waals surface area contributed by atoms with Crippen LogP contribution in [0.3, 0.4) is 0 Å². The number of imidazole rings is 2. The molecule has 0 unspecified atom stereocenters. The highest BCUT2D eigenvalue weighted by Crippen LogP contribution is 2.33. The Morgan fingerprint density at radius 3 is 1.55 bits per heavy atom. The summed E-state index contributed by atoms with van der Waals surface area (Å²) in [5.41, 5.74) is 6.20. The van der Waals surface area contributed by atoms with Crippen LogP contribution < -0.4 is 10.6 Å². The van der Waals surface area contributed by atoms with E-state index in [4.69, 9.17) is 30.1 Å². The Hall–Kier alpha value is -4.90. The fraction of sp³-hybridized carbons (Fsp3) is 0.0667. The second kappa shape index (κ2) is 12.4. The molecule has 14 heteroatoms. The zero-order valence-electron chi connectivity index (χ0n) is 22.8. The highest BCUT2D eigenvalue weighted by atomic mass is 31.2. The number of hydrogen-bond donors (Lipinski definition) is 4. The van der Waals surface area contributed by atoms with Crippen LogP contribution in [-0.2, 0) is 22.2 Å². The molecule has 0 amide bonds. The summed E-state index contributed by atoms with van der Waals surface area (Å²) in [5, 5.41) is 17.9. The Labute approximate surface area is 251 Å². The average Bonchev–Trinajstić information content (AvgIpc) is 3.60. The van der Waals surface area contributed by atoms with E-state index in [0.29, 0.717) is 24.2 Å². The molecule has 0 aliphatic heterocycles. The molecule has 6 aromatic rings. The standard InChI is InChI=1S/2C15H12N3O3P/c16-8-12-3-6-15-14(7-12)17-10-18(15)9-11-1-4-13(5-2-11)22(19,20)21;16-8-12-3-6-14-15(7-12)18(10-17-14)9-11-1-4-13(5-2-11)22(19,20)21/h2*1-7,10H,9H2,(H2,19,20,21). The van der Waals surface area contributed by atoms with Crippen molar-refractivity contribution in [3.63, 3.8) is 0 Å². The third-order valence-corrected chi connectivity index (χ3v) is 8.69. The number of nitrogens with zero attached hydrogens (tertiary/aromatic N) is 6. The maximum absolute atomic E-state index is 11.2. The fourth-order valence-corrected chi connectivity index (χ4v) is 5.57. The number of fused-ring (bicyclic) bond motifs is 2. The van der Waals surface area contributed by atoms with Crippen molar-refractivity contribution in [2.24, 2.45) is 0 Å². The molecule has 0 spiro atoms. The van der Waals surface area contributed by atoms with Gasteiger partial charge in [-0.2, -0.15) is 10.5 Å². The molecule has 0 radical (unpaired) electrons. The van der Waals surface area contributed by atoms with Gasteiger partial charge in [-0.15, -0.1) is 0 Å². The summed E-state index contributed by atoms with van der Waals surface area (Å²) in [4.78, 5) is 44.9. The smallest absolute Gasteiger partial charge is 0.326 e. The van der Waals surface area contributed by atoms with Crippen LogP contribution in [0.5, 0.6) is 0 Å². The maximum Gasteiger partial charge on any atom is 0.356 e. The Balaban J connectivity index is 0.000000175. The second-order valence-electron chi connectivity index (χ2n) is 9.80. The summed E-state index contributed by atoms with van der Waals surface area (Å²) in [6, 6.07) is 27.2. The number of rotatable bonds is 6. The van der Waals surface area contributed by atoms with E-state index in [1.165, 1.54) is 24.3 Å². The Morgan fingerprint density at radius 1 is 0.591 bits per heavy atom. The predicted octanol–water partition coefficient (Wildman–Crippen LogP) is 3.52. The molecule has 220 valence electrons. The van der Waals surface area contributed by atoms with Crippen molar-refractivity contribution in [2.45, 2.75) is 13.1 Å². The fourth-order valence-electron chi connectivity index (χ4n) is 4.50. The third-order valence-electron chi connectivity index (χ3n) is 6.75. The van der Waals surface area contributed by atoms with E-state index in [-0.39, 0.29) is 10.6 Å². The van der Waals surface area contributed by atoms with Gasteiger partial charge in [0.25, 0.3) is 0 Å². The molecule has 0 aliphatic carbocycles. The molecule has 6 rings (SSSR count). The van der Waals surface area contributed by atoms with Crippen molar-refractivity contribution in [2.75, 3.05) is 0 Å². The largest absolute Gasteiger partial charge is 0.356 e. The van der Waals surface area contributed by atoms with Crippen molar-refractivity contribution in [1.29, 1.82) is 10.5 Å². The van der Waals surface area contributed by atoms with E-state index < -0.39 is 15.2 Å². The van der Waals surface area contributed by atoms with Crippen LogP contribution in [0.2, 0.25) is 0 Å². The lowest BCUT2D eigenvalue weighted by Crippen LogP contribution is -2.05. The molecule has 0 fully saturated rings. The first-order valence-corrected chi connectivity index (χ1v) is 16.2. The zero-order valence-corrected chi connectivity index (χ0v) is 24.6. The topological polar surface area (TPSA) is 198 Å². The summed E-state index contributed by atoms with van der Waals surface area (Å²) in [6.07, 6.45) is 3.37. The maximum atomic E-state index is 11.2. The van der Waals surface area contributed by atoms with Gasteiger partial charge in [0, 0.05) is 13.1 Å². The molecule has 2 aromatic heterocycles. The van der Waals surface area contributed by atoms with Crippen LogP contribution in [0.25, 0.3) is 22.1 Å². The van der Waals surface area contributed by atoms with Gasteiger partial charge in [-0.05, 0) is 71.8 Å². The Bertz CT molecular complexity index is 2150. The van der Waals surface area contributed by atoms with Gasteiger partial charge in [-0.3, -0.25) is 9.13 Å². The first-order valence-electron chi connectivity index (χ1n) is 12.9. The van der Waals surface area contributed by atoms with Crippen LogP contribution in [-0.4, -0.2) is 38.7 Å². The summed E-state index contributed by atoms with van der Waals surface area (Å²) < 4.78 is 26.1. The number of hydrogen-bond acceptors (Lipinski definition) is 6. The highest BCUT2D eigenvalue weighted by molar-refractivity contribution is 7.60. The van der Waals surface area contributed by atoms with Crippen LogP contribution >= 0.6 is 15.2 Å². The average molecular weight is 627 g/mol. The van der Waals surface area contributed by atoms with E-state index in [1.807, 2.05) is 15.2 Å². The minimum Gasteiger partial charge on any atom is -0.326 e. The SMILES string of the molecule is N#Cc1ccc2c(c1)ncn2Cc1ccc(P(=O)(O)O)cc1.N#Cc1ccc2ncn(Cc3ccc(P(=O)(O)O)cc3)c2c1. The first kappa shape index (κ1) is 30.6. The van der Waals surface area contributed by atoms with Crippen molar-refractivity contribution in [1.82, 2.24) is 19.1 Å². The van der Waals surface area contributed by atoms with Gasteiger partial charge < -0.3 is 28.7 Å². The lowest BCUT2D eigenvalue weighted by atomic mass is 10.2. The summed E-state index contributed by atoms with van der Waals surface area (Å²) in [5.74, 6) is 0. The molecule has 2 heterocycles. The quantitative estimate of drug-likeness (QED) is 0.198. The zero-order chi connectivity index (χ0) is 31.5. The molecule has 0 atom stereocenters. The van der Waals surface area contributed by atoms with Crippen LogP contribution in [0.1, 0.15) is 22.3 Å². The van der Waals surface area contributed by atoms with E-state index in [9.17, 15) is 9.13 Å². The van der Waals surface area contributed by atoms with Gasteiger partial charge in [0.05, 0.1) is 68.6 Å². The molecule has 0 bridgehead atoms. The number of aromatic nitrogens is 4. The van der Waals surface area contributed by atoms with E-state index in [0.717, 1.165) is 33.2 Å². The van der Waals surface area contributed by atoms with Crippen molar-refractivity contribution >= 4 is 47.9 Å². The molecular formula is C30H24N6O6P2. The molecule has 4 aromatic carbocycles. The second-order valence-corrected chi connectivity index (χ2v) is 13.0. The highest BCUT2D eigenvalue weighted by Gasteiger charge is 2.17. The molecule has 0 aliphatic rings. The van der Waals surface area contributed by atoms with Crippen LogP contribution in [0.15, 0.2) is 97.6 Å². The molecule has 44 heavy (non-hydrogen) atoms. The summed E-state index contributed by atoms with van der Waals surface area (Å²) >= 11 is 0. The van der Waals surface area contributed by atoms with Gasteiger partial charge in [0.2, 0.25) is 0 Å².